The van der Waals surface area contributed by atoms with E-state index in [0.29, 0.717) is 6.61 Å². The van der Waals surface area contributed by atoms with Crippen molar-refractivity contribution in [2.24, 2.45) is 0 Å². The van der Waals surface area contributed by atoms with Crippen LogP contribution < -0.4 is 0 Å². The van der Waals surface area contributed by atoms with Gasteiger partial charge in [0.1, 0.15) is 5.76 Å². The largest absolute Gasteiger partial charge is 0.453 e. The molecule has 2 aliphatic heterocycles. The molecule has 1 spiro atoms. The first kappa shape index (κ1) is 19.1. The molecule has 5 heteroatoms. The van der Waals surface area contributed by atoms with Crippen LogP contribution in [0.3, 0.4) is 0 Å². The number of ether oxygens (including phenoxy) is 1. The Bertz CT molecular complexity index is 760. The number of hydrogen-bond acceptors (Lipinski definition) is 5. The van der Waals surface area contributed by atoms with Gasteiger partial charge in [-0.1, -0.05) is 29.5 Å². The van der Waals surface area contributed by atoms with Crippen LogP contribution in [-0.4, -0.2) is 40.9 Å². The van der Waals surface area contributed by atoms with Gasteiger partial charge in [-0.05, 0) is 57.4 Å². The van der Waals surface area contributed by atoms with Crippen LogP contribution in [0.1, 0.15) is 43.9 Å². The maximum atomic E-state index is 10.4. The van der Waals surface area contributed by atoms with E-state index in [1.807, 2.05) is 6.92 Å². The van der Waals surface area contributed by atoms with Gasteiger partial charge in [-0.25, -0.2) is 0 Å². The van der Waals surface area contributed by atoms with Gasteiger partial charge in [0, 0.05) is 24.4 Å². The molecule has 1 aromatic carbocycles. The number of benzene rings is 1. The first-order valence-electron chi connectivity index (χ1n) is 9.83. The summed E-state index contributed by atoms with van der Waals surface area (Å²) in [6.07, 6.45) is 3.46. The van der Waals surface area contributed by atoms with E-state index in [2.05, 4.69) is 48.2 Å². The van der Waals surface area contributed by atoms with E-state index in [9.17, 15) is 5.11 Å². The molecule has 27 heavy (non-hydrogen) atoms. The molecule has 2 fully saturated rings. The lowest BCUT2D eigenvalue weighted by atomic mass is 9.78. The number of aryl methyl sites for hydroxylation is 1. The second kappa shape index (κ2) is 7.63. The summed E-state index contributed by atoms with van der Waals surface area (Å²) in [4.78, 5) is 3.62. The van der Waals surface area contributed by atoms with E-state index in [1.165, 1.54) is 10.5 Å². The number of aliphatic hydroxyl groups is 1. The number of nitrogens with zero attached hydrogens (tertiary/aromatic N) is 1. The number of hydrogen-bond donors (Lipinski definition) is 1. The highest BCUT2D eigenvalue weighted by Gasteiger charge is 2.44. The van der Waals surface area contributed by atoms with Gasteiger partial charge in [0.2, 0.25) is 0 Å². The average Bonchev–Trinajstić information content (AvgIpc) is 3.05. The predicted molar refractivity (Wildman–Crippen MR) is 107 cm³/mol. The Morgan fingerprint density at radius 2 is 1.81 bits per heavy atom. The Morgan fingerprint density at radius 1 is 1.07 bits per heavy atom. The zero-order valence-corrected chi connectivity index (χ0v) is 17.1. The molecular formula is C22H29NO3S. The second-order valence-electron chi connectivity index (χ2n) is 8.37. The molecule has 1 unspecified atom stereocenters. The van der Waals surface area contributed by atoms with Crippen LogP contribution >= 0.6 is 11.8 Å². The molecule has 146 valence electrons. The van der Waals surface area contributed by atoms with E-state index < -0.39 is 5.60 Å². The molecule has 0 aliphatic carbocycles. The maximum absolute atomic E-state index is 10.4. The predicted octanol–water partition coefficient (Wildman–Crippen LogP) is 4.64. The summed E-state index contributed by atoms with van der Waals surface area (Å²) in [5.74, 6) is 1.01. The second-order valence-corrected chi connectivity index (χ2v) is 9.45. The molecule has 1 atom stereocenters. The third-order valence-corrected chi connectivity index (χ3v) is 6.70. The monoisotopic (exact) mass is 387 g/mol. The van der Waals surface area contributed by atoms with Crippen LogP contribution in [0.15, 0.2) is 50.8 Å². The molecule has 0 saturated carbocycles. The normalized spacial score (nSPS) is 25.7. The maximum Gasteiger partial charge on any atom is 0.165 e. The Labute approximate surface area is 165 Å². The molecule has 2 aromatic rings. The molecular weight excluding hydrogens is 358 g/mol. The van der Waals surface area contributed by atoms with Crippen LogP contribution in [0.25, 0.3) is 0 Å². The lowest BCUT2D eigenvalue weighted by Crippen LogP contribution is -2.53. The van der Waals surface area contributed by atoms with E-state index in [0.717, 1.165) is 56.2 Å². The van der Waals surface area contributed by atoms with Gasteiger partial charge in [0.15, 0.2) is 5.09 Å². The van der Waals surface area contributed by atoms with Gasteiger partial charge in [-0.2, -0.15) is 0 Å². The number of likely N-dealkylation sites (tertiary alicyclic amines) is 1. The van der Waals surface area contributed by atoms with Crippen molar-refractivity contribution in [2.45, 2.75) is 67.3 Å². The molecule has 1 N–H and O–H groups in total. The van der Waals surface area contributed by atoms with E-state index in [4.69, 9.17) is 9.15 Å². The van der Waals surface area contributed by atoms with Crippen molar-refractivity contribution < 1.29 is 14.3 Å². The van der Waals surface area contributed by atoms with Crippen LogP contribution in [0, 0.1) is 6.92 Å². The molecule has 4 nitrogen and oxygen atoms in total. The highest BCUT2D eigenvalue weighted by molar-refractivity contribution is 7.99. The molecule has 4 rings (SSSR count). The van der Waals surface area contributed by atoms with Crippen LogP contribution in [0.4, 0.5) is 0 Å². The minimum Gasteiger partial charge on any atom is -0.453 e. The Balaban J connectivity index is 1.31. The van der Waals surface area contributed by atoms with Crippen molar-refractivity contribution in [1.82, 2.24) is 4.90 Å². The summed E-state index contributed by atoms with van der Waals surface area (Å²) >= 11 is 1.66. The van der Waals surface area contributed by atoms with Gasteiger partial charge >= 0.3 is 0 Å². The fourth-order valence-electron chi connectivity index (χ4n) is 4.20. The van der Waals surface area contributed by atoms with Crippen molar-refractivity contribution in [3.63, 3.8) is 0 Å². The molecule has 2 saturated heterocycles. The van der Waals surface area contributed by atoms with Crippen molar-refractivity contribution in [1.29, 1.82) is 0 Å². The molecule has 0 amide bonds. The molecule has 1 aromatic heterocycles. The Kier molecular flexibility index (Phi) is 5.39. The fourth-order valence-corrected chi connectivity index (χ4v) is 4.99. The summed E-state index contributed by atoms with van der Waals surface area (Å²) < 4.78 is 12.1. The number of piperidine rings is 1. The van der Waals surface area contributed by atoms with Gasteiger partial charge in [0.05, 0.1) is 24.4 Å². The minimum absolute atomic E-state index is 0.131. The molecule has 2 aliphatic rings. The minimum atomic E-state index is -0.580. The summed E-state index contributed by atoms with van der Waals surface area (Å²) in [5, 5.41) is 11.4. The van der Waals surface area contributed by atoms with Crippen LogP contribution in [0.2, 0.25) is 0 Å². The lowest BCUT2D eigenvalue weighted by molar-refractivity contribution is -0.173. The first-order valence-corrected chi connectivity index (χ1v) is 10.7. The molecule has 3 heterocycles. The zero-order valence-electron chi connectivity index (χ0n) is 16.2. The van der Waals surface area contributed by atoms with Crippen molar-refractivity contribution in [3.05, 3.63) is 47.7 Å². The van der Waals surface area contributed by atoms with Gasteiger partial charge < -0.3 is 14.3 Å². The first-order chi connectivity index (χ1) is 12.9. The molecule has 0 bridgehead atoms. The summed E-state index contributed by atoms with van der Waals surface area (Å²) in [7, 11) is 0. The SMILES string of the molecule is Cc1ccc(Sc2ccc(CN3CCC4(CC3)CC(C)(O)CCO4)o2)cc1. The quantitative estimate of drug-likeness (QED) is 0.828. The third-order valence-electron chi connectivity index (χ3n) is 5.78. The standard InChI is InChI=1S/C22H29NO3S/c1-17-3-6-19(7-4-17)27-20-8-5-18(26-20)15-23-12-9-22(10-13-23)16-21(2,24)11-14-25-22/h3-8,24H,9-16H2,1-2H3. The third kappa shape index (κ3) is 4.77. The van der Waals surface area contributed by atoms with Crippen molar-refractivity contribution in [3.8, 4) is 0 Å². The van der Waals surface area contributed by atoms with Crippen molar-refractivity contribution >= 4 is 11.8 Å². The highest BCUT2D eigenvalue weighted by Crippen LogP contribution is 2.39. The molecule has 0 radical (unpaired) electrons. The van der Waals surface area contributed by atoms with Crippen LogP contribution in [-0.2, 0) is 11.3 Å². The number of rotatable bonds is 4. The Morgan fingerprint density at radius 3 is 2.52 bits per heavy atom. The van der Waals surface area contributed by atoms with E-state index >= 15 is 0 Å². The smallest absolute Gasteiger partial charge is 0.165 e. The van der Waals surface area contributed by atoms with Crippen molar-refractivity contribution in [2.75, 3.05) is 19.7 Å². The Hall–Kier alpha value is -1.27. The average molecular weight is 388 g/mol. The van der Waals surface area contributed by atoms with Crippen LogP contribution in [0.5, 0.6) is 0 Å². The highest BCUT2D eigenvalue weighted by atomic mass is 32.2. The zero-order chi connectivity index (χ0) is 18.9. The van der Waals surface area contributed by atoms with E-state index in [-0.39, 0.29) is 5.60 Å². The van der Waals surface area contributed by atoms with Gasteiger partial charge in [0.25, 0.3) is 0 Å². The topological polar surface area (TPSA) is 45.8 Å². The van der Waals surface area contributed by atoms with Gasteiger partial charge in [-0.15, -0.1) is 0 Å². The van der Waals surface area contributed by atoms with E-state index in [1.54, 1.807) is 11.8 Å². The number of furan rings is 1. The summed E-state index contributed by atoms with van der Waals surface area (Å²) in [6.45, 7) is 7.52. The van der Waals surface area contributed by atoms with Gasteiger partial charge in [-0.3, -0.25) is 4.90 Å². The summed E-state index contributed by atoms with van der Waals surface area (Å²) in [5.41, 5.74) is 0.558. The summed E-state index contributed by atoms with van der Waals surface area (Å²) in [6, 6.07) is 12.7. The fraction of sp³-hybridized carbons (Fsp3) is 0.545. The lowest BCUT2D eigenvalue weighted by Gasteiger charge is -2.48.